The summed E-state index contributed by atoms with van der Waals surface area (Å²) in [5.41, 5.74) is 0.408. The second-order valence-corrected chi connectivity index (χ2v) is 7.28. The minimum atomic E-state index is 0.365. The Labute approximate surface area is 118 Å². The van der Waals surface area contributed by atoms with Gasteiger partial charge in [0.15, 0.2) is 0 Å². The Bertz CT molecular complexity index is 314. The van der Waals surface area contributed by atoms with Gasteiger partial charge in [-0.15, -0.1) is 0 Å². The Hall–Kier alpha value is -0.570. The molecule has 0 bridgehead atoms. The number of amides is 1. The lowest BCUT2D eigenvalue weighted by Gasteiger charge is -2.31. The molecule has 2 unspecified atom stereocenters. The predicted octanol–water partition coefficient (Wildman–Crippen LogP) is 2.80. The van der Waals surface area contributed by atoms with Crippen molar-refractivity contribution in [2.75, 3.05) is 19.6 Å². The highest BCUT2D eigenvalue weighted by molar-refractivity contribution is 5.76. The molecule has 2 aliphatic heterocycles. The van der Waals surface area contributed by atoms with E-state index >= 15 is 0 Å². The number of likely N-dealkylation sites (tertiary alicyclic amines) is 1. The van der Waals surface area contributed by atoms with Crippen molar-refractivity contribution in [2.24, 2.45) is 11.3 Å². The third-order valence-corrected chi connectivity index (χ3v) is 5.02. The Morgan fingerprint density at radius 1 is 1.26 bits per heavy atom. The fraction of sp³-hybridized carbons (Fsp3) is 0.938. The Morgan fingerprint density at radius 3 is 2.79 bits per heavy atom. The zero-order chi connectivity index (χ0) is 13.9. The maximum atomic E-state index is 12.5. The van der Waals surface area contributed by atoms with Gasteiger partial charge in [-0.2, -0.15) is 0 Å². The lowest BCUT2D eigenvalue weighted by Crippen LogP contribution is -2.44. The van der Waals surface area contributed by atoms with Gasteiger partial charge in [-0.25, -0.2) is 0 Å². The first-order chi connectivity index (χ1) is 8.98. The molecule has 2 rings (SSSR count). The number of hydrogen-bond acceptors (Lipinski definition) is 2. The van der Waals surface area contributed by atoms with E-state index in [4.69, 9.17) is 0 Å². The SMILES string of the molecule is CC1CCCNC1CC(=O)N1CCCC(C)(C)CC1. The molecule has 19 heavy (non-hydrogen) atoms. The number of carbonyl (C=O) groups excluding carboxylic acids is 1. The van der Waals surface area contributed by atoms with Crippen LogP contribution in [0.5, 0.6) is 0 Å². The van der Waals surface area contributed by atoms with Gasteiger partial charge in [0.2, 0.25) is 5.91 Å². The van der Waals surface area contributed by atoms with Crippen LogP contribution in [0.1, 0.15) is 59.3 Å². The Kier molecular flexibility index (Phi) is 4.88. The molecule has 1 amide bonds. The smallest absolute Gasteiger partial charge is 0.224 e. The van der Waals surface area contributed by atoms with E-state index in [1.54, 1.807) is 0 Å². The first-order valence-electron chi connectivity index (χ1n) is 7.99. The van der Waals surface area contributed by atoms with Crippen LogP contribution in [0, 0.1) is 11.3 Å². The summed E-state index contributed by atoms with van der Waals surface area (Å²) in [5, 5.41) is 3.52. The molecule has 3 nitrogen and oxygen atoms in total. The van der Waals surface area contributed by atoms with Gasteiger partial charge in [0, 0.05) is 25.6 Å². The zero-order valence-electron chi connectivity index (χ0n) is 12.9. The molecule has 0 aromatic heterocycles. The summed E-state index contributed by atoms with van der Waals surface area (Å²) in [4.78, 5) is 14.6. The van der Waals surface area contributed by atoms with Gasteiger partial charge in [0.1, 0.15) is 0 Å². The summed E-state index contributed by atoms with van der Waals surface area (Å²) in [6.07, 6.45) is 6.76. The normalized spacial score (nSPS) is 31.8. The average Bonchev–Trinajstić information content (AvgIpc) is 2.53. The van der Waals surface area contributed by atoms with E-state index in [0.717, 1.165) is 32.5 Å². The molecule has 2 saturated heterocycles. The van der Waals surface area contributed by atoms with Crippen LogP contribution in [-0.2, 0) is 4.79 Å². The second-order valence-electron chi connectivity index (χ2n) is 7.28. The minimum absolute atomic E-state index is 0.365. The Balaban J connectivity index is 1.85. The van der Waals surface area contributed by atoms with Crippen LogP contribution in [0.15, 0.2) is 0 Å². The quantitative estimate of drug-likeness (QED) is 0.833. The Morgan fingerprint density at radius 2 is 2.05 bits per heavy atom. The monoisotopic (exact) mass is 266 g/mol. The summed E-state index contributed by atoms with van der Waals surface area (Å²) in [6, 6.07) is 0.400. The molecule has 110 valence electrons. The third kappa shape index (κ3) is 4.20. The largest absolute Gasteiger partial charge is 0.343 e. The summed E-state index contributed by atoms with van der Waals surface area (Å²) < 4.78 is 0. The van der Waals surface area contributed by atoms with Gasteiger partial charge < -0.3 is 10.2 Å². The first kappa shape index (κ1) is 14.8. The summed E-state index contributed by atoms with van der Waals surface area (Å²) in [5.74, 6) is 1.00. The highest BCUT2D eigenvalue weighted by atomic mass is 16.2. The minimum Gasteiger partial charge on any atom is -0.343 e. The van der Waals surface area contributed by atoms with Crippen molar-refractivity contribution in [3.05, 3.63) is 0 Å². The summed E-state index contributed by atoms with van der Waals surface area (Å²) in [6.45, 7) is 9.92. The molecule has 0 saturated carbocycles. The van der Waals surface area contributed by atoms with Gasteiger partial charge >= 0.3 is 0 Å². The number of nitrogens with zero attached hydrogens (tertiary/aromatic N) is 1. The molecule has 0 aromatic carbocycles. The second kappa shape index (κ2) is 6.25. The van der Waals surface area contributed by atoms with Gasteiger partial charge in [-0.05, 0) is 50.0 Å². The molecule has 0 aliphatic carbocycles. The summed E-state index contributed by atoms with van der Waals surface area (Å²) in [7, 11) is 0. The highest BCUT2D eigenvalue weighted by Crippen LogP contribution is 2.30. The van der Waals surface area contributed by atoms with Crippen molar-refractivity contribution in [3.63, 3.8) is 0 Å². The van der Waals surface area contributed by atoms with E-state index in [9.17, 15) is 4.79 Å². The van der Waals surface area contributed by atoms with Crippen LogP contribution in [-0.4, -0.2) is 36.5 Å². The standard InChI is InChI=1S/C16H30N2O/c1-13-6-4-9-17-14(13)12-15(19)18-10-5-7-16(2,3)8-11-18/h13-14,17H,4-12H2,1-3H3. The number of nitrogens with one attached hydrogen (secondary N) is 1. The van der Waals surface area contributed by atoms with E-state index in [-0.39, 0.29) is 0 Å². The molecule has 0 radical (unpaired) electrons. The van der Waals surface area contributed by atoms with Gasteiger partial charge in [0.05, 0.1) is 0 Å². The van der Waals surface area contributed by atoms with E-state index < -0.39 is 0 Å². The topological polar surface area (TPSA) is 32.3 Å². The molecule has 2 atom stereocenters. The van der Waals surface area contributed by atoms with Crippen molar-refractivity contribution < 1.29 is 4.79 Å². The van der Waals surface area contributed by atoms with E-state index in [1.807, 2.05) is 0 Å². The highest BCUT2D eigenvalue weighted by Gasteiger charge is 2.28. The van der Waals surface area contributed by atoms with Crippen molar-refractivity contribution >= 4 is 5.91 Å². The molecule has 0 aromatic rings. The predicted molar refractivity (Wildman–Crippen MR) is 79.0 cm³/mol. The third-order valence-electron chi connectivity index (χ3n) is 5.02. The van der Waals surface area contributed by atoms with Crippen LogP contribution in [0.3, 0.4) is 0 Å². The van der Waals surface area contributed by atoms with Crippen molar-refractivity contribution in [2.45, 2.75) is 65.3 Å². The maximum Gasteiger partial charge on any atom is 0.224 e. The number of carbonyl (C=O) groups is 1. The van der Waals surface area contributed by atoms with Crippen LogP contribution in [0.4, 0.5) is 0 Å². The lowest BCUT2D eigenvalue weighted by molar-refractivity contribution is -0.132. The molecular weight excluding hydrogens is 236 g/mol. The maximum absolute atomic E-state index is 12.5. The zero-order valence-corrected chi connectivity index (χ0v) is 12.9. The molecule has 2 heterocycles. The molecule has 0 spiro atoms. The van der Waals surface area contributed by atoms with E-state index in [1.165, 1.54) is 19.3 Å². The molecule has 2 fully saturated rings. The molecule has 2 aliphatic rings. The van der Waals surface area contributed by atoms with Crippen LogP contribution in [0.2, 0.25) is 0 Å². The lowest BCUT2D eigenvalue weighted by atomic mass is 9.85. The molecular formula is C16H30N2O. The van der Waals surface area contributed by atoms with Crippen molar-refractivity contribution in [1.29, 1.82) is 0 Å². The van der Waals surface area contributed by atoms with Crippen molar-refractivity contribution in [3.8, 4) is 0 Å². The summed E-state index contributed by atoms with van der Waals surface area (Å²) >= 11 is 0. The molecule has 3 heteroatoms. The number of rotatable bonds is 2. The van der Waals surface area contributed by atoms with Gasteiger partial charge in [-0.1, -0.05) is 20.8 Å². The number of hydrogen-bond donors (Lipinski definition) is 1. The van der Waals surface area contributed by atoms with E-state index in [0.29, 0.717) is 29.7 Å². The van der Waals surface area contributed by atoms with Crippen LogP contribution < -0.4 is 5.32 Å². The van der Waals surface area contributed by atoms with Crippen LogP contribution >= 0.6 is 0 Å². The van der Waals surface area contributed by atoms with E-state index in [2.05, 4.69) is 31.0 Å². The van der Waals surface area contributed by atoms with Crippen LogP contribution in [0.25, 0.3) is 0 Å². The van der Waals surface area contributed by atoms with Gasteiger partial charge in [-0.3, -0.25) is 4.79 Å². The van der Waals surface area contributed by atoms with Crippen molar-refractivity contribution in [1.82, 2.24) is 10.2 Å². The first-order valence-corrected chi connectivity index (χ1v) is 7.99. The molecule has 1 N–H and O–H groups in total. The number of piperidine rings is 1. The average molecular weight is 266 g/mol. The fourth-order valence-electron chi connectivity index (χ4n) is 3.38. The fourth-order valence-corrected chi connectivity index (χ4v) is 3.38. The van der Waals surface area contributed by atoms with Gasteiger partial charge in [0.25, 0.3) is 0 Å².